The van der Waals surface area contributed by atoms with E-state index in [0.717, 1.165) is 38.1 Å². The van der Waals surface area contributed by atoms with Gasteiger partial charge in [-0.3, -0.25) is 0 Å². The first-order valence-corrected chi connectivity index (χ1v) is 15.5. The highest BCUT2D eigenvalue weighted by Gasteiger charge is 2.22. The Hall–Kier alpha value is -6.18. The smallest absolute Gasteiger partial charge is 0.143 e. The fourth-order valence-corrected chi connectivity index (χ4v) is 7.18. The van der Waals surface area contributed by atoms with E-state index >= 15 is 0 Å². The lowest BCUT2D eigenvalue weighted by atomic mass is 9.84. The molecule has 0 spiro atoms. The number of rotatable bonds is 3. The third kappa shape index (κ3) is 3.90. The first-order valence-electron chi connectivity index (χ1n) is 19.5. The Morgan fingerprint density at radius 3 is 1.60 bits per heavy atom. The second-order valence-corrected chi connectivity index (χ2v) is 11.8. The average Bonchev–Trinajstić information content (AvgIpc) is 3.63. The molecule has 0 bridgehead atoms. The lowest BCUT2D eigenvalue weighted by Crippen LogP contribution is -1.92. The first-order chi connectivity index (χ1) is 26.7. The van der Waals surface area contributed by atoms with Crippen molar-refractivity contribution in [2.24, 2.45) is 0 Å². The van der Waals surface area contributed by atoms with Crippen LogP contribution in [0, 0.1) is 0 Å². The van der Waals surface area contributed by atoms with Gasteiger partial charge in [-0.15, -0.1) is 0 Å². The van der Waals surface area contributed by atoms with Gasteiger partial charge in [0.2, 0.25) is 0 Å². The van der Waals surface area contributed by atoms with Crippen LogP contribution in [0.1, 0.15) is 11.0 Å². The number of fused-ring (bicyclic) bond motifs is 9. The molecule has 0 atom stereocenters. The predicted molar refractivity (Wildman–Crippen MR) is 200 cm³/mol. The second kappa shape index (κ2) is 10.2. The maximum atomic E-state index is 9.52. The van der Waals surface area contributed by atoms with Crippen LogP contribution in [-0.4, -0.2) is 0 Å². The van der Waals surface area contributed by atoms with Crippen LogP contribution in [0.5, 0.6) is 0 Å². The summed E-state index contributed by atoms with van der Waals surface area (Å²) in [6, 6.07) is 36.1. The molecule has 0 N–H and O–H groups in total. The van der Waals surface area contributed by atoms with Crippen molar-refractivity contribution in [3.63, 3.8) is 0 Å². The summed E-state index contributed by atoms with van der Waals surface area (Å²) in [5.74, 6) is 0. The number of hydrogen-bond acceptors (Lipinski definition) is 1. The summed E-state index contributed by atoms with van der Waals surface area (Å²) in [5.41, 5.74) is 4.84. The monoisotopic (exact) mass is 604 g/mol. The van der Waals surface area contributed by atoms with Crippen molar-refractivity contribution in [1.82, 2.24) is 0 Å². The van der Waals surface area contributed by atoms with E-state index in [0.29, 0.717) is 38.8 Å². The third-order valence-electron chi connectivity index (χ3n) is 9.28. The van der Waals surface area contributed by atoms with Crippen LogP contribution in [0.4, 0.5) is 0 Å². The molecule has 1 heteroatoms. The molecule has 10 aromatic rings. The minimum Gasteiger partial charge on any atom is -0.455 e. The van der Waals surface area contributed by atoms with E-state index in [1.807, 2.05) is 121 Å². The zero-order valence-electron chi connectivity index (χ0n) is 33.0. The van der Waals surface area contributed by atoms with Crippen LogP contribution in [0.2, 0.25) is 0 Å². The van der Waals surface area contributed by atoms with Crippen LogP contribution in [0.3, 0.4) is 0 Å². The van der Waals surface area contributed by atoms with Gasteiger partial charge in [0.25, 0.3) is 0 Å². The van der Waals surface area contributed by atoms with Crippen LogP contribution in [0.15, 0.2) is 174 Å². The van der Waals surface area contributed by atoms with Gasteiger partial charge >= 0.3 is 0 Å². The van der Waals surface area contributed by atoms with Crippen molar-refractivity contribution in [2.75, 3.05) is 0 Å². The minimum atomic E-state index is -0.440. The standard InChI is InChI=1S/C46H28O/c1-2-12-29(13-3-1)30-22-24-32(25-23-30)42-36-18-8-10-20-38(36)43(39-21-11-9-19-37(39)42)41-28-33-15-5-7-17-35(33)46-44(41)40-27-26-31-14-4-6-16-34(31)45(40)47-46/h1-28H/i8D,9D,10D,11D,18D,19D,20D,21D. The van der Waals surface area contributed by atoms with Crippen LogP contribution in [0.25, 0.3) is 98.4 Å². The van der Waals surface area contributed by atoms with E-state index in [2.05, 4.69) is 0 Å². The maximum Gasteiger partial charge on any atom is 0.143 e. The van der Waals surface area contributed by atoms with E-state index in [-0.39, 0.29) is 45.7 Å². The Morgan fingerprint density at radius 1 is 0.383 bits per heavy atom. The molecule has 0 unspecified atom stereocenters. The summed E-state index contributed by atoms with van der Waals surface area (Å²) < 4.78 is 80.3. The third-order valence-corrected chi connectivity index (χ3v) is 9.28. The Kier molecular flexibility index (Phi) is 4.19. The summed E-state index contributed by atoms with van der Waals surface area (Å²) in [6.07, 6.45) is 0. The maximum absolute atomic E-state index is 9.52. The highest BCUT2D eigenvalue weighted by atomic mass is 16.3. The van der Waals surface area contributed by atoms with Crippen molar-refractivity contribution >= 4 is 65.0 Å². The van der Waals surface area contributed by atoms with Crippen molar-refractivity contribution in [3.05, 3.63) is 170 Å². The molecule has 9 aromatic carbocycles. The molecule has 0 aliphatic rings. The molecule has 0 radical (unpaired) electrons. The van der Waals surface area contributed by atoms with Crippen molar-refractivity contribution < 1.29 is 15.4 Å². The van der Waals surface area contributed by atoms with Gasteiger partial charge in [-0.1, -0.05) is 158 Å². The van der Waals surface area contributed by atoms with Gasteiger partial charge in [0, 0.05) is 21.5 Å². The number of hydrogen-bond donors (Lipinski definition) is 0. The van der Waals surface area contributed by atoms with Crippen molar-refractivity contribution in [1.29, 1.82) is 0 Å². The molecule has 47 heavy (non-hydrogen) atoms. The molecule has 1 heterocycles. The van der Waals surface area contributed by atoms with Gasteiger partial charge < -0.3 is 4.42 Å². The second-order valence-electron chi connectivity index (χ2n) is 11.8. The molecule has 0 aliphatic carbocycles. The van der Waals surface area contributed by atoms with E-state index in [1.165, 1.54) is 0 Å². The number of benzene rings is 9. The molecular weight excluding hydrogens is 569 g/mol. The average molecular weight is 605 g/mol. The quantitative estimate of drug-likeness (QED) is 0.183. The van der Waals surface area contributed by atoms with Gasteiger partial charge in [0.15, 0.2) is 0 Å². The first kappa shape index (κ1) is 19.4. The lowest BCUT2D eigenvalue weighted by molar-refractivity contribution is 0.676. The van der Waals surface area contributed by atoms with Gasteiger partial charge in [-0.25, -0.2) is 0 Å². The normalized spacial score (nSPS) is 14.2. The number of furan rings is 1. The highest BCUT2D eigenvalue weighted by molar-refractivity contribution is 6.30. The van der Waals surface area contributed by atoms with E-state index in [1.54, 1.807) is 0 Å². The van der Waals surface area contributed by atoms with Gasteiger partial charge in [0.05, 0.1) is 11.0 Å². The Balaban J connectivity index is 1.47. The van der Waals surface area contributed by atoms with E-state index in [9.17, 15) is 5.48 Å². The summed E-state index contributed by atoms with van der Waals surface area (Å²) >= 11 is 0. The molecular formula is C46H28O. The van der Waals surface area contributed by atoms with Gasteiger partial charge in [-0.2, -0.15) is 0 Å². The molecule has 0 aliphatic heterocycles. The van der Waals surface area contributed by atoms with Crippen molar-refractivity contribution in [3.8, 4) is 33.4 Å². The molecule has 0 saturated heterocycles. The fraction of sp³-hybridized carbons (Fsp3) is 0. The van der Waals surface area contributed by atoms with Crippen LogP contribution >= 0.6 is 0 Å². The fourth-order valence-electron chi connectivity index (χ4n) is 7.18. The van der Waals surface area contributed by atoms with Gasteiger partial charge in [-0.05, 0) is 77.8 Å². The Morgan fingerprint density at radius 2 is 0.915 bits per heavy atom. The minimum absolute atomic E-state index is 0.164. The topological polar surface area (TPSA) is 13.1 Å². The molecule has 0 saturated carbocycles. The summed E-state index contributed by atoms with van der Waals surface area (Å²) in [5, 5.41) is 5.66. The summed E-state index contributed by atoms with van der Waals surface area (Å²) in [6.45, 7) is 0. The Labute approximate surface area is 283 Å². The highest BCUT2D eigenvalue weighted by Crippen LogP contribution is 2.49. The van der Waals surface area contributed by atoms with Crippen LogP contribution < -0.4 is 0 Å². The summed E-state index contributed by atoms with van der Waals surface area (Å²) in [7, 11) is 0. The zero-order valence-corrected chi connectivity index (χ0v) is 25.0. The molecule has 1 nitrogen and oxygen atoms in total. The van der Waals surface area contributed by atoms with Crippen molar-refractivity contribution in [2.45, 2.75) is 0 Å². The van der Waals surface area contributed by atoms with Gasteiger partial charge in [0.1, 0.15) is 11.2 Å². The lowest BCUT2D eigenvalue weighted by Gasteiger charge is -2.19. The molecule has 0 amide bonds. The molecule has 10 rings (SSSR count). The van der Waals surface area contributed by atoms with Crippen LogP contribution in [-0.2, 0) is 0 Å². The summed E-state index contributed by atoms with van der Waals surface area (Å²) in [4.78, 5) is 0. The van der Waals surface area contributed by atoms with E-state index < -0.39 is 24.2 Å². The molecule has 0 fully saturated rings. The zero-order chi connectivity index (χ0) is 37.9. The van der Waals surface area contributed by atoms with E-state index in [4.69, 9.17) is 9.90 Å². The largest absolute Gasteiger partial charge is 0.455 e. The SMILES string of the molecule is [2H]c1c([2H])c([2H])c2c(-c3cc4ccccc4c4oc5c6ccccc6ccc5c34)c3c([2H])c([2H])c([2H])c([2H])c3c(-c3ccc(-c4ccccc4)cc3)c2c1[2H]. The Bertz CT molecular complexity index is 3200. The predicted octanol–water partition coefficient (Wildman–Crippen LogP) is 13.2. The molecule has 1 aromatic heterocycles. The molecule has 218 valence electrons.